The zero-order chi connectivity index (χ0) is 8.60. The van der Waals surface area contributed by atoms with Crippen LogP contribution in [0.1, 0.15) is 39.5 Å². The minimum Gasteiger partial charge on any atom is -0.316 e. The number of nitrogens with one attached hydrogen (secondary N) is 1. The van der Waals surface area contributed by atoms with Crippen molar-refractivity contribution in [3.05, 3.63) is 0 Å². The first kappa shape index (κ1) is 8.55. The number of hydrogen-bond acceptors (Lipinski definition) is 1. The van der Waals surface area contributed by atoms with Crippen LogP contribution in [0.4, 0.5) is 0 Å². The van der Waals surface area contributed by atoms with Gasteiger partial charge in [-0.3, -0.25) is 0 Å². The minimum absolute atomic E-state index is 0.635. The van der Waals surface area contributed by atoms with E-state index in [1.807, 2.05) is 0 Å². The fourth-order valence-corrected chi connectivity index (χ4v) is 3.39. The Morgan fingerprint density at radius 1 is 1.33 bits per heavy atom. The number of piperidine rings is 1. The maximum atomic E-state index is 3.54. The second-order valence-electron chi connectivity index (χ2n) is 5.10. The molecular weight excluding hydrogens is 146 g/mol. The Morgan fingerprint density at radius 3 is 2.92 bits per heavy atom. The third-order valence-corrected chi connectivity index (χ3v) is 4.15. The largest absolute Gasteiger partial charge is 0.316 e. The summed E-state index contributed by atoms with van der Waals surface area (Å²) in [5.41, 5.74) is 0.635. The topological polar surface area (TPSA) is 12.0 Å². The molecule has 2 rings (SSSR count). The molecule has 0 aromatic heterocycles. The summed E-state index contributed by atoms with van der Waals surface area (Å²) in [6.45, 7) is 7.46. The Labute approximate surface area is 75.9 Å². The maximum Gasteiger partial charge on any atom is 0.000793 e. The van der Waals surface area contributed by atoms with Gasteiger partial charge in [-0.2, -0.15) is 0 Å². The molecule has 1 aliphatic carbocycles. The van der Waals surface area contributed by atoms with E-state index < -0.39 is 0 Å². The molecule has 1 saturated heterocycles. The van der Waals surface area contributed by atoms with Crippen LogP contribution in [0.5, 0.6) is 0 Å². The fraction of sp³-hybridized carbons (Fsp3) is 1.00. The molecule has 0 bridgehead atoms. The molecule has 0 aromatic carbocycles. The number of hydrogen-bond donors (Lipinski definition) is 1. The summed E-state index contributed by atoms with van der Waals surface area (Å²) in [6, 6.07) is 0. The predicted molar refractivity (Wildman–Crippen MR) is 52.1 cm³/mol. The highest BCUT2D eigenvalue weighted by atomic mass is 14.9. The second-order valence-corrected chi connectivity index (χ2v) is 5.10. The minimum atomic E-state index is 0.635. The zero-order valence-corrected chi connectivity index (χ0v) is 8.40. The Morgan fingerprint density at radius 2 is 2.17 bits per heavy atom. The lowest BCUT2D eigenvalue weighted by Crippen LogP contribution is -2.48. The molecule has 0 spiro atoms. The molecule has 1 N–H and O–H groups in total. The van der Waals surface area contributed by atoms with Gasteiger partial charge >= 0.3 is 0 Å². The predicted octanol–water partition coefficient (Wildman–Crippen LogP) is 2.42. The van der Waals surface area contributed by atoms with E-state index in [1.54, 1.807) is 0 Å². The van der Waals surface area contributed by atoms with Crippen LogP contribution in [0, 0.1) is 17.3 Å². The molecule has 1 nitrogen and oxygen atoms in total. The molecule has 2 aliphatic rings. The molecule has 1 heterocycles. The molecule has 3 atom stereocenters. The van der Waals surface area contributed by atoms with Crippen LogP contribution < -0.4 is 5.32 Å². The Kier molecular flexibility index (Phi) is 2.16. The van der Waals surface area contributed by atoms with Gasteiger partial charge in [-0.25, -0.2) is 0 Å². The van der Waals surface area contributed by atoms with E-state index in [0.717, 1.165) is 11.8 Å². The standard InChI is InChI=1S/C11H21N/c1-9-4-3-6-11(2)8-12-7-5-10(9)11/h9-10,12H,3-8H2,1-2H3. The highest BCUT2D eigenvalue weighted by Gasteiger charge is 2.41. The van der Waals surface area contributed by atoms with E-state index in [1.165, 1.54) is 38.8 Å². The van der Waals surface area contributed by atoms with Crippen molar-refractivity contribution in [1.29, 1.82) is 0 Å². The van der Waals surface area contributed by atoms with Gasteiger partial charge in [0.1, 0.15) is 0 Å². The van der Waals surface area contributed by atoms with E-state index >= 15 is 0 Å². The van der Waals surface area contributed by atoms with Crippen molar-refractivity contribution in [3.63, 3.8) is 0 Å². The van der Waals surface area contributed by atoms with Crippen LogP contribution >= 0.6 is 0 Å². The summed E-state index contributed by atoms with van der Waals surface area (Å²) >= 11 is 0. The lowest BCUT2D eigenvalue weighted by molar-refractivity contribution is 0.0366. The van der Waals surface area contributed by atoms with Crippen LogP contribution in [-0.4, -0.2) is 13.1 Å². The Hall–Kier alpha value is -0.0400. The Bertz CT molecular complexity index is 162. The Balaban J connectivity index is 2.12. The van der Waals surface area contributed by atoms with E-state index in [2.05, 4.69) is 19.2 Å². The quantitative estimate of drug-likeness (QED) is 0.584. The van der Waals surface area contributed by atoms with Crippen molar-refractivity contribution >= 4 is 0 Å². The number of rotatable bonds is 0. The molecular formula is C11H21N. The first-order valence-electron chi connectivity index (χ1n) is 5.43. The monoisotopic (exact) mass is 167 g/mol. The van der Waals surface area contributed by atoms with Gasteiger partial charge in [-0.05, 0) is 36.6 Å². The third kappa shape index (κ3) is 1.28. The van der Waals surface area contributed by atoms with E-state index in [0.29, 0.717) is 5.41 Å². The van der Waals surface area contributed by atoms with Crippen molar-refractivity contribution in [3.8, 4) is 0 Å². The molecule has 70 valence electrons. The van der Waals surface area contributed by atoms with Gasteiger partial charge < -0.3 is 5.32 Å². The van der Waals surface area contributed by atoms with E-state index in [-0.39, 0.29) is 0 Å². The smallest absolute Gasteiger partial charge is 0.000793 e. The van der Waals surface area contributed by atoms with Crippen molar-refractivity contribution in [2.45, 2.75) is 39.5 Å². The summed E-state index contributed by atoms with van der Waals surface area (Å²) in [5.74, 6) is 1.98. The van der Waals surface area contributed by atoms with Crippen molar-refractivity contribution in [2.75, 3.05) is 13.1 Å². The summed E-state index contributed by atoms with van der Waals surface area (Å²) in [5, 5.41) is 3.54. The van der Waals surface area contributed by atoms with Gasteiger partial charge in [0.05, 0.1) is 0 Å². The molecule has 1 heteroatoms. The molecule has 1 aliphatic heterocycles. The highest BCUT2D eigenvalue weighted by molar-refractivity contribution is 4.93. The van der Waals surface area contributed by atoms with Gasteiger partial charge in [0.25, 0.3) is 0 Å². The van der Waals surface area contributed by atoms with E-state index in [9.17, 15) is 0 Å². The summed E-state index contributed by atoms with van der Waals surface area (Å²) in [4.78, 5) is 0. The van der Waals surface area contributed by atoms with Crippen LogP contribution in [0.2, 0.25) is 0 Å². The van der Waals surface area contributed by atoms with Gasteiger partial charge in [0.15, 0.2) is 0 Å². The van der Waals surface area contributed by atoms with Crippen LogP contribution in [0.25, 0.3) is 0 Å². The highest BCUT2D eigenvalue weighted by Crippen LogP contribution is 2.46. The number of fused-ring (bicyclic) bond motifs is 1. The van der Waals surface area contributed by atoms with E-state index in [4.69, 9.17) is 0 Å². The first-order chi connectivity index (χ1) is 5.72. The van der Waals surface area contributed by atoms with Gasteiger partial charge in [-0.1, -0.05) is 26.7 Å². The van der Waals surface area contributed by atoms with Crippen molar-refractivity contribution < 1.29 is 0 Å². The zero-order valence-electron chi connectivity index (χ0n) is 8.40. The molecule has 2 fully saturated rings. The molecule has 0 amide bonds. The van der Waals surface area contributed by atoms with Crippen LogP contribution in [0.3, 0.4) is 0 Å². The SMILES string of the molecule is CC1CCCC2(C)CNCCC12. The second kappa shape index (κ2) is 3.02. The van der Waals surface area contributed by atoms with Crippen LogP contribution in [-0.2, 0) is 0 Å². The summed E-state index contributed by atoms with van der Waals surface area (Å²) < 4.78 is 0. The lowest BCUT2D eigenvalue weighted by atomic mass is 9.60. The third-order valence-electron chi connectivity index (χ3n) is 4.15. The molecule has 3 unspecified atom stereocenters. The maximum absolute atomic E-state index is 3.54. The normalized spacial score (nSPS) is 48.5. The average molecular weight is 167 g/mol. The molecule has 1 saturated carbocycles. The fourth-order valence-electron chi connectivity index (χ4n) is 3.39. The van der Waals surface area contributed by atoms with Gasteiger partial charge in [-0.15, -0.1) is 0 Å². The van der Waals surface area contributed by atoms with Gasteiger partial charge in [0, 0.05) is 6.54 Å². The lowest BCUT2D eigenvalue weighted by Gasteiger charge is -2.48. The molecule has 0 radical (unpaired) electrons. The van der Waals surface area contributed by atoms with Crippen molar-refractivity contribution in [1.82, 2.24) is 5.32 Å². The van der Waals surface area contributed by atoms with Crippen LogP contribution in [0.15, 0.2) is 0 Å². The average Bonchev–Trinajstić information content (AvgIpc) is 2.04. The molecule has 12 heavy (non-hydrogen) atoms. The molecule has 0 aromatic rings. The summed E-state index contributed by atoms with van der Waals surface area (Å²) in [6.07, 6.45) is 5.79. The van der Waals surface area contributed by atoms with Crippen molar-refractivity contribution in [2.24, 2.45) is 17.3 Å². The van der Waals surface area contributed by atoms with Gasteiger partial charge in [0.2, 0.25) is 0 Å². The first-order valence-corrected chi connectivity index (χ1v) is 5.43. The summed E-state index contributed by atoms with van der Waals surface area (Å²) in [7, 11) is 0.